The van der Waals surface area contributed by atoms with Gasteiger partial charge in [-0.05, 0) is 42.3 Å². The normalized spacial score (nSPS) is 10.8. The van der Waals surface area contributed by atoms with Crippen LogP contribution in [0.25, 0.3) is 22.4 Å². The van der Waals surface area contributed by atoms with Crippen LogP contribution in [0, 0.1) is 5.82 Å². The van der Waals surface area contributed by atoms with Crippen molar-refractivity contribution in [3.8, 4) is 22.4 Å². The van der Waals surface area contributed by atoms with Crippen LogP contribution in [-0.4, -0.2) is 21.3 Å². The Hall–Kier alpha value is -2.46. The lowest BCUT2D eigenvalue weighted by Gasteiger charge is -2.11. The van der Waals surface area contributed by atoms with Crippen molar-refractivity contribution in [2.45, 2.75) is 13.0 Å². The number of benzene rings is 1. The van der Waals surface area contributed by atoms with Gasteiger partial charge in [0.25, 0.3) is 0 Å². The SMILES string of the molecule is OCCCn1ccc(-c2ccc(F)cc2)c1-c1ccncc1. The zero-order valence-corrected chi connectivity index (χ0v) is 12.1. The summed E-state index contributed by atoms with van der Waals surface area (Å²) in [5.41, 5.74) is 4.12. The van der Waals surface area contributed by atoms with Gasteiger partial charge in [0, 0.05) is 42.9 Å². The lowest BCUT2D eigenvalue weighted by Crippen LogP contribution is -2.01. The summed E-state index contributed by atoms with van der Waals surface area (Å²) >= 11 is 0. The number of aliphatic hydroxyl groups excluding tert-OH is 1. The third-order valence-electron chi connectivity index (χ3n) is 3.63. The molecule has 112 valence electrons. The number of nitrogens with zero attached hydrogens (tertiary/aromatic N) is 2. The van der Waals surface area contributed by atoms with Gasteiger partial charge in [-0.2, -0.15) is 0 Å². The van der Waals surface area contributed by atoms with Gasteiger partial charge in [0.1, 0.15) is 5.82 Å². The van der Waals surface area contributed by atoms with Crippen molar-refractivity contribution in [1.29, 1.82) is 0 Å². The van der Waals surface area contributed by atoms with E-state index in [0.29, 0.717) is 6.42 Å². The molecule has 0 amide bonds. The number of hydrogen-bond donors (Lipinski definition) is 1. The highest BCUT2D eigenvalue weighted by atomic mass is 19.1. The number of rotatable bonds is 5. The monoisotopic (exact) mass is 296 g/mol. The molecule has 22 heavy (non-hydrogen) atoms. The molecule has 3 nitrogen and oxygen atoms in total. The van der Waals surface area contributed by atoms with Crippen LogP contribution < -0.4 is 0 Å². The summed E-state index contributed by atoms with van der Waals surface area (Å²) in [7, 11) is 0. The van der Waals surface area contributed by atoms with Crippen molar-refractivity contribution in [3.05, 3.63) is 66.9 Å². The zero-order chi connectivity index (χ0) is 15.4. The van der Waals surface area contributed by atoms with E-state index in [1.807, 2.05) is 24.4 Å². The van der Waals surface area contributed by atoms with Crippen LogP contribution >= 0.6 is 0 Å². The molecule has 0 saturated heterocycles. The van der Waals surface area contributed by atoms with E-state index in [0.717, 1.165) is 28.9 Å². The summed E-state index contributed by atoms with van der Waals surface area (Å²) in [4.78, 5) is 4.06. The minimum atomic E-state index is -0.242. The molecule has 0 spiro atoms. The molecule has 0 radical (unpaired) electrons. The minimum Gasteiger partial charge on any atom is -0.396 e. The fourth-order valence-electron chi connectivity index (χ4n) is 2.59. The minimum absolute atomic E-state index is 0.153. The molecule has 0 fully saturated rings. The Labute approximate surface area is 128 Å². The largest absolute Gasteiger partial charge is 0.396 e. The molecule has 3 aromatic rings. The molecule has 0 bridgehead atoms. The average Bonchev–Trinajstić information content (AvgIpc) is 2.98. The van der Waals surface area contributed by atoms with Gasteiger partial charge in [0.2, 0.25) is 0 Å². The van der Waals surface area contributed by atoms with Gasteiger partial charge < -0.3 is 9.67 Å². The molecule has 0 aliphatic carbocycles. The Morgan fingerprint density at radius 2 is 1.68 bits per heavy atom. The summed E-state index contributed by atoms with van der Waals surface area (Å²) < 4.78 is 15.3. The highest BCUT2D eigenvalue weighted by Crippen LogP contribution is 2.33. The van der Waals surface area contributed by atoms with Crippen molar-refractivity contribution >= 4 is 0 Å². The van der Waals surface area contributed by atoms with Crippen LogP contribution in [0.4, 0.5) is 4.39 Å². The predicted octanol–water partition coefficient (Wildman–Crippen LogP) is 3.74. The van der Waals surface area contributed by atoms with Gasteiger partial charge >= 0.3 is 0 Å². The summed E-state index contributed by atoms with van der Waals surface area (Å²) in [6, 6.07) is 12.4. The predicted molar refractivity (Wildman–Crippen MR) is 84.8 cm³/mol. The molecule has 3 rings (SSSR count). The first-order chi connectivity index (χ1) is 10.8. The van der Waals surface area contributed by atoms with Crippen molar-refractivity contribution < 1.29 is 9.50 Å². The molecule has 1 aromatic carbocycles. The van der Waals surface area contributed by atoms with Gasteiger partial charge in [-0.25, -0.2) is 4.39 Å². The van der Waals surface area contributed by atoms with E-state index in [2.05, 4.69) is 9.55 Å². The molecule has 0 aliphatic heterocycles. The van der Waals surface area contributed by atoms with Crippen LogP contribution in [0.5, 0.6) is 0 Å². The quantitative estimate of drug-likeness (QED) is 0.779. The Balaban J connectivity index is 2.10. The van der Waals surface area contributed by atoms with Crippen molar-refractivity contribution in [2.75, 3.05) is 6.61 Å². The summed E-state index contributed by atoms with van der Waals surface area (Å²) in [5.74, 6) is -0.242. The average molecular weight is 296 g/mol. The lowest BCUT2D eigenvalue weighted by atomic mass is 10.0. The maximum Gasteiger partial charge on any atom is 0.123 e. The second-order valence-electron chi connectivity index (χ2n) is 5.09. The summed E-state index contributed by atoms with van der Waals surface area (Å²) in [5, 5.41) is 9.08. The second kappa shape index (κ2) is 6.54. The molecule has 0 atom stereocenters. The molecular weight excluding hydrogens is 279 g/mol. The van der Waals surface area contributed by atoms with Crippen molar-refractivity contribution in [3.63, 3.8) is 0 Å². The third-order valence-corrected chi connectivity index (χ3v) is 3.63. The van der Waals surface area contributed by atoms with E-state index in [9.17, 15) is 4.39 Å². The Kier molecular flexibility index (Phi) is 4.30. The smallest absolute Gasteiger partial charge is 0.123 e. The third kappa shape index (κ3) is 2.92. The van der Waals surface area contributed by atoms with Gasteiger partial charge in [-0.1, -0.05) is 12.1 Å². The van der Waals surface area contributed by atoms with Gasteiger partial charge in [-0.15, -0.1) is 0 Å². The fraction of sp³-hybridized carbons (Fsp3) is 0.167. The van der Waals surface area contributed by atoms with Crippen LogP contribution in [0.2, 0.25) is 0 Å². The molecule has 2 heterocycles. The molecule has 1 N–H and O–H groups in total. The maximum atomic E-state index is 13.2. The van der Waals surface area contributed by atoms with Crippen LogP contribution in [0.15, 0.2) is 61.1 Å². The second-order valence-corrected chi connectivity index (χ2v) is 5.09. The lowest BCUT2D eigenvalue weighted by molar-refractivity contribution is 0.280. The van der Waals surface area contributed by atoms with E-state index < -0.39 is 0 Å². The van der Waals surface area contributed by atoms with E-state index in [-0.39, 0.29) is 12.4 Å². The number of aryl methyl sites for hydroxylation is 1. The molecular formula is C18H17FN2O. The number of aromatic nitrogens is 2. The standard InChI is InChI=1S/C18H17FN2O/c19-16-4-2-14(3-5-16)17-8-12-21(11-1-13-22)18(17)15-6-9-20-10-7-15/h2-10,12,22H,1,11,13H2. The highest BCUT2D eigenvalue weighted by molar-refractivity contribution is 5.81. The maximum absolute atomic E-state index is 13.2. The van der Waals surface area contributed by atoms with E-state index in [1.54, 1.807) is 24.5 Å². The zero-order valence-electron chi connectivity index (χ0n) is 12.1. The van der Waals surface area contributed by atoms with Crippen molar-refractivity contribution in [2.24, 2.45) is 0 Å². The summed E-state index contributed by atoms with van der Waals surface area (Å²) in [6.45, 7) is 0.884. The van der Waals surface area contributed by atoms with Crippen LogP contribution in [0.3, 0.4) is 0 Å². The molecule has 4 heteroatoms. The first-order valence-corrected chi connectivity index (χ1v) is 7.26. The van der Waals surface area contributed by atoms with Gasteiger partial charge in [-0.3, -0.25) is 4.98 Å². The van der Waals surface area contributed by atoms with Gasteiger partial charge in [0.15, 0.2) is 0 Å². The molecule has 2 aromatic heterocycles. The highest BCUT2D eigenvalue weighted by Gasteiger charge is 2.13. The molecule has 0 saturated carbocycles. The number of halogens is 1. The fourth-order valence-corrected chi connectivity index (χ4v) is 2.59. The Morgan fingerprint density at radius 1 is 0.955 bits per heavy atom. The van der Waals surface area contributed by atoms with E-state index in [1.165, 1.54) is 12.1 Å². The number of aliphatic hydroxyl groups is 1. The van der Waals surface area contributed by atoms with E-state index in [4.69, 9.17) is 5.11 Å². The van der Waals surface area contributed by atoms with E-state index >= 15 is 0 Å². The first kappa shape index (κ1) is 14.5. The molecule has 0 aliphatic rings. The topological polar surface area (TPSA) is 38.0 Å². The Morgan fingerprint density at radius 3 is 2.36 bits per heavy atom. The first-order valence-electron chi connectivity index (χ1n) is 7.26. The number of pyridine rings is 1. The van der Waals surface area contributed by atoms with Crippen molar-refractivity contribution in [1.82, 2.24) is 9.55 Å². The van der Waals surface area contributed by atoms with Crippen LogP contribution in [0.1, 0.15) is 6.42 Å². The summed E-state index contributed by atoms with van der Waals surface area (Å²) in [6.07, 6.45) is 6.21. The van der Waals surface area contributed by atoms with Gasteiger partial charge in [0.05, 0.1) is 5.69 Å². The molecule has 0 unspecified atom stereocenters. The number of hydrogen-bond acceptors (Lipinski definition) is 2. The van der Waals surface area contributed by atoms with Crippen LogP contribution in [-0.2, 0) is 6.54 Å². The Bertz CT molecular complexity index is 736.